The summed E-state index contributed by atoms with van der Waals surface area (Å²) in [5.41, 5.74) is 2.61. The smallest absolute Gasteiger partial charge is 0.344 e. The third-order valence-corrected chi connectivity index (χ3v) is 10.1. The third kappa shape index (κ3) is 13.7. The molecule has 1 unspecified atom stereocenters. The number of rotatable bonds is 26. The van der Waals surface area contributed by atoms with E-state index in [0.717, 1.165) is 73.8 Å². The number of hydrogen-bond acceptors (Lipinski definition) is 9. The molecular weight excluding hydrogens is 752 g/mol. The van der Waals surface area contributed by atoms with Crippen LogP contribution in [0.4, 0.5) is 0 Å². The van der Waals surface area contributed by atoms with Crippen LogP contribution in [-0.2, 0) is 39.6 Å². The Morgan fingerprint density at radius 2 is 1.37 bits per heavy atom. The lowest BCUT2D eigenvalue weighted by atomic mass is 9.89. The highest BCUT2D eigenvalue weighted by atomic mass is 79.9. The molecule has 1 heterocycles. The fraction of sp³-hybridized carbons (Fsp3) is 0.683. The molecule has 0 spiro atoms. The van der Waals surface area contributed by atoms with E-state index in [4.69, 9.17) is 49.5 Å². The average molecular weight is 814 g/mol. The van der Waals surface area contributed by atoms with Crippen LogP contribution in [0.5, 0.6) is 11.5 Å². The summed E-state index contributed by atoms with van der Waals surface area (Å²) in [4.78, 5) is 12.5. The Kier molecular flexibility index (Phi) is 21.6. The summed E-state index contributed by atoms with van der Waals surface area (Å²) >= 11 is 11.0. The molecule has 0 aliphatic carbocycles. The van der Waals surface area contributed by atoms with Gasteiger partial charge in [0, 0.05) is 32.0 Å². The summed E-state index contributed by atoms with van der Waals surface area (Å²) in [6.07, 6.45) is 5.79. The highest BCUT2D eigenvalue weighted by molar-refractivity contribution is 9.10. The van der Waals surface area contributed by atoms with E-state index < -0.39 is 36.5 Å². The number of halogens is 2. The van der Waals surface area contributed by atoms with Crippen molar-refractivity contribution < 1.29 is 42.7 Å². The van der Waals surface area contributed by atoms with Crippen LogP contribution >= 0.6 is 27.5 Å². The Hall–Kier alpha value is -1.92. The minimum Gasteiger partial charge on any atom is -0.494 e. The number of ether oxygens (including phenoxy) is 8. The zero-order chi connectivity index (χ0) is 37.7. The van der Waals surface area contributed by atoms with Crippen molar-refractivity contribution in [1.29, 1.82) is 0 Å². The maximum absolute atomic E-state index is 12.5. The van der Waals surface area contributed by atoms with Crippen LogP contribution in [0, 0.1) is 0 Å². The van der Waals surface area contributed by atoms with E-state index in [2.05, 4.69) is 49.7 Å². The Labute approximate surface area is 325 Å². The van der Waals surface area contributed by atoms with E-state index in [0.29, 0.717) is 61.3 Å². The summed E-state index contributed by atoms with van der Waals surface area (Å²) in [6.45, 7) is 15.5. The van der Waals surface area contributed by atoms with Crippen molar-refractivity contribution in [3.63, 3.8) is 0 Å². The van der Waals surface area contributed by atoms with Crippen molar-refractivity contribution >= 4 is 33.5 Å². The maximum Gasteiger partial charge on any atom is 0.344 e. The maximum atomic E-state index is 12.5. The molecule has 1 saturated heterocycles. The predicted octanol–water partition coefficient (Wildman–Crippen LogP) is 9.85. The van der Waals surface area contributed by atoms with Crippen molar-refractivity contribution in [2.24, 2.45) is 0 Å². The molecule has 0 N–H and O–H groups in total. The number of benzene rings is 2. The van der Waals surface area contributed by atoms with E-state index in [9.17, 15) is 4.79 Å². The van der Waals surface area contributed by atoms with Gasteiger partial charge in [-0.25, -0.2) is 4.79 Å². The lowest BCUT2D eigenvalue weighted by molar-refractivity contribution is -0.268. The van der Waals surface area contributed by atoms with Crippen LogP contribution < -0.4 is 9.47 Å². The molecule has 2 aromatic rings. The third-order valence-electron chi connectivity index (χ3n) is 8.82. The summed E-state index contributed by atoms with van der Waals surface area (Å²) in [6, 6.07) is 10.0. The number of esters is 1. The fourth-order valence-electron chi connectivity index (χ4n) is 5.98. The summed E-state index contributed by atoms with van der Waals surface area (Å²) in [7, 11) is 0. The SMILES string of the molecule is CCCCOC[C@H]1OC(c2cc(Cc3ccc(OCC)cc3)c(Cl)c(OCC(=O)OCC)c2Br)[C@H](OCCCC)[C@@H](OCCCC)[C@@H]1OCCCC. The summed E-state index contributed by atoms with van der Waals surface area (Å²) < 4.78 is 51.0. The van der Waals surface area contributed by atoms with E-state index >= 15 is 0 Å². The minimum atomic E-state index is -0.607. The monoisotopic (exact) mass is 812 g/mol. The quantitative estimate of drug-likeness (QED) is 0.0680. The van der Waals surface area contributed by atoms with E-state index in [1.165, 1.54) is 0 Å². The zero-order valence-corrected chi connectivity index (χ0v) is 34.6. The van der Waals surface area contributed by atoms with E-state index in [-0.39, 0.29) is 13.2 Å². The molecule has 0 radical (unpaired) electrons. The minimum absolute atomic E-state index is 0.245. The van der Waals surface area contributed by atoms with Crippen LogP contribution in [0.2, 0.25) is 5.02 Å². The van der Waals surface area contributed by atoms with Crippen molar-refractivity contribution in [3.05, 3.63) is 56.5 Å². The molecule has 52 heavy (non-hydrogen) atoms. The topological polar surface area (TPSA) is 90.9 Å². The van der Waals surface area contributed by atoms with Gasteiger partial charge in [0.2, 0.25) is 0 Å². The van der Waals surface area contributed by atoms with Crippen molar-refractivity contribution in [3.8, 4) is 11.5 Å². The van der Waals surface area contributed by atoms with Crippen LogP contribution in [0.3, 0.4) is 0 Å². The van der Waals surface area contributed by atoms with Crippen molar-refractivity contribution in [1.82, 2.24) is 0 Å². The summed E-state index contributed by atoms with van der Waals surface area (Å²) in [5, 5.41) is 0.393. The summed E-state index contributed by atoms with van der Waals surface area (Å²) in [5.74, 6) is 0.649. The van der Waals surface area contributed by atoms with Gasteiger partial charge in [-0.1, -0.05) is 77.1 Å². The van der Waals surface area contributed by atoms with Gasteiger partial charge in [0.25, 0.3) is 0 Å². The van der Waals surface area contributed by atoms with Gasteiger partial charge in [-0.3, -0.25) is 0 Å². The standard InChI is InChI=1S/C41H62BrClO9/c1-7-13-21-45-27-33-38(48-22-14-8-2)41(50-24-16-10-4)40(49-23-15-9-3)37(52-33)32-26-30(25-29-17-19-31(20-18-29)46-11-5)36(43)39(35(32)42)51-28-34(44)47-12-6/h17-20,26,33,37-38,40-41H,7-16,21-25,27-28H2,1-6H3/t33-,37?,38-,40+,41+/m1/s1. The van der Waals surface area contributed by atoms with E-state index in [1.807, 2.05) is 31.2 Å². The number of carbonyl (C=O) groups is 1. The number of unbranched alkanes of at least 4 members (excludes halogenated alkanes) is 4. The average Bonchev–Trinajstić information content (AvgIpc) is 3.13. The van der Waals surface area contributed by atoms with Gasteiger partial charge in [0.05, 0.1) is 29.3 Å². The van der Waals surface area contributed by atoms with Gasteiger partial charge in [0.1, 0.15) is 36.3 Å². The largest absolute Gasteiger partial charge is 0.494 e. The lowest BCUT2D eigenvalue weighted by Gasteiger charge is -2.47. The Balaban J connectivity index is 2.18. The molecule has 9 nitrogen and oxygen atoms in total. The molecule has 1 aliphatic rings. The van der Waals surface area contributed by atoms with Crippen LogP contribution in [0.25, 0.3) is 0 Å². The molecule has 1 aliphatic heterocycles. The molecule has 0 bridgehead atoms. The molecule has 1 fully saturated rings. The van der Waals surface area contributed by atoms with Crippen LogP contribution in [0.15, 0.2) is 34.8 Å². The van der Waals surface area contributed by atoms with Gasteiger partial charge < -0.3 is 37.9 Å². The van der Waals surface area contributed by atoms with Gasteiger partial charge in [-0.2, -0.15) is 0 Å². The van der Waals surface area contributed by atoms with Crippen LogP contribution in [0.1, 0.15) is 116 Å². The first-order valence-electron chi connectivity index (χ1n) is 19.4. The first kappa shape index (κ1) is 44.5. The zero-order valence-electron chi connectivity index (χ0n) is 32.2. The second-order valence-electron chi connectivity index (χ2n) is 13.0. The molecule has 294 valence electrons. The second-order valence-corrected chi connectivity index (χ2v) is 14.2. The normalized spacial score (nSPS) is 20.2. The first-order valence-corrected chi connectivity index (χ1v) is 20.6. The molecule has 2 aromatic carbocycles. The van der Waals surface area contributed by atoms with Gasteiger partial charge >= 0.3 is 5.97 Å². The van der Waals surface area contributed by atoms with Crippen molar-refractivity contribution in [2.45, 2.75) is 130 Å². The number of carbonyl (C=O) groups excluding carboxylic acids is 1. The van der Waals surface area contributed by atoms with Gasteiger partial charge in [-0.05, 0) is 91.2 Å². The molecular formula is C41H62BrClO9. The second kappa shape index (κ2) is 25.2. The number of hydrogen-bond donors (Lipinski definition) is 0. The van der Waals surface area contributed by atoms with Crippen molar-refractivity contribution in [2.75, 3.05) is 52.9 Å². The molecule has 0 amide bonds. The highest BCUT2D eigenvalue weighted by Gasteiger charge is 2.49. The molecule has 5 atom stereocenters. The molecule has 11 heteroatoms. The Morgan fingerprint density at radius 1 is 0.769 bits per heavy atom. The highest BCUT2D eigenvalue weighted by Crippen LogP contribution is 2.47. The van der Waals surface area contributed by atoms with Crippen LogP contribution in [-0.4, -0.2) is 83.2 Å². The lowest BCUT2D eigenvalue weighted by Crippen LogP contribution is -2.58. The Bertz CT molecular complexity index is 1290. The Morgan fingerprint density at radius 3 is 1.96 bits per heavy atom. The molecule has 0 aromatic heterocycles. The van der Waals surface area contributed by atoms with Gasteiger partial charge in [0.15, 0.2) is 12.4 Å². The molecule has 3 rings (SSSR count). The first-order chi connectivity index (χ1) is 25.3. The van der Waals surface area contributed by atoms with E-state index in [1.54, 1.807) is 6.92 Å². The fourth-order valence-corrected chi connectivity index (χ4v) is 7.02. The predicted molar refractivity (Wildman–Crippen MR) is 209 cm³/mol. The molecule has 0 saturated carbocycles. The van der Waals surface area contributed by atoms with Gasteiger partial charge in [-0.15, -0.1) is 0 Å².